The molecule has 3 nitrogen and oxygen atoms in total. The lowest BCUT2D eigenvalue weighted by atomic mass is 9.82. The van der Waals surface area contributed by atoms with Gasteiger partial charge in [0.25, 0.3) is 0 Å². The Labute approximate surface area is 111 Å². The average Bonchev–Trinajstić information content (AvgIpc) is 2.32. The normalized spacial score (nSPS) is 22.6. The van der Waals surface area contributed by atoms with Crippen molar-refractivity contribution >= 4 is 5.91 Å². The van der Waals surface area contributed by atoms with Crippen molar-refractivity contribution < 1.29 is 9.90 Å². The Hall–Kier alpha value is -0.570. The lowest BCUT2D eigenvalue weighted by Gasteiger charge is -2.31. The second-order valence-corrected chi connectivity index (χ2v) is 5.67. The van der Waals surface area contributed by atoms with Crippen LogP contribution in [0.4, 0.5) is 0 Å². The molecule has 1 amide bonds. The number of amides is 1. The molecule has 1 fully saturated rings. The molecule has 1 aliphatic carbocycles. The quantitative estimate of drug-likeness (QED) is 0.590. The number of aliphatic hydroxyl groups excluding tert-OH is 1. The highest BCUT2D eigenvalue weighted by Crippen LogP contribution is 2.26. The van der Waals surface area contributed by atoms with E-state index < -0.39 is 0 Å². The van der Waals surface area contributed by atoms with E-state index in [1.807, 2.05) is 0 Å². The summed E-state index contributed by atoms with van der Waals surface area (Å²) in [7, 11) is 0. The van der Waals surface area contributed by atoms with Crippen LogP contribution in [0.25, 0.3) is 0 Å². The maximum Gasteiger partial charge on any atom is 0.220 e. The number of unbranched alkanes of at least 4 members (excludes halogenated alkanes) is 6. The van der Waals surface area contributed by atoms with Crippen LogP contribution in [0, 0.1) is 5.92 Å². The van der Waals surface area contributed by atoms with E-state index in [1.54, 1.807) is 0 Å². The Morgan fingerprint density at radius 2 is 1.72 bits per heavy atom. The second kappa shape index (κ2) is 9.37. The van der Waals surface area contributed by atoms with Gasteiger partial charge in [0.05, 0.1) is 6.10 Å². The first-order valence-corrected chi connectivity index (χ1v) is 7.67. The van der Waals surface area contributed by atoms with Crippen molar-refractivity contribution in [2.75, 3.05) is 6.54 Å². The minimum atomic E-state index is -0.116. The molecule has 2 N–H and O–H groups in total. The zero-order valence-electron chi connectivity index (χ0n) is 11.8. The average molecular weight is 255 g/mol. The van der Waals surface area contributed by atoms with Gasteiger partial charge in [0.15, 0.2) is 0 Å². The number of nitrogens with one attached hydrogen (secondary N) is 1. The van der Waals surface area contributed by atoms with Gasteiger partial charge in [-0.2, -0.15) is 0 Å². The number of hydrogen-bond donors (Lipinski definition) is 2. The van der Waals surface area contributed by atoms with Gasteiger partial charge in [-0.15, -0.1) is 0 Å². The van der Waals surface area contributed by atoms with Crippen molar-refractivity contribution in [1.82, 2.24) is 5.32 Å². The van der Waals surface area contributed by atoms with Crippen LogP contribution in [0.1, 0.15) is 71.1 Å². The van der Waals surface area contributed by atoms with Crippen molar-refractivity contribution in [2.45, 2.75) is 77.2 Å². The number of hydrogen-bond acceptors (Lipinski definition) is 2. The number of carbonyl (C=O) groups is 1. The molecule has 0 spiro atoms. The van der Waals surface area contributed by atoms with Crippen LogP contribution in [0.3, 0.4) is 0 Å². The number of rotatable bonds is 10. The summed E-state index contributed by atoms with van der Waals surface area (Å²) in [4.78, 5) is 11.5. The van der Waals surface area contributed by atoms with Gasteiger partial charge in [0, 0.05) is 13.0 Å². The molecule has 0 bridgehead atoms. The third-order valence-electron chi connectivity index (χ3n) is 3.81. The van der Waals surface area contributed by atoms with Gasteiger partial charge in [0.1, 0.15) is 0 Å². The predicted octanol–water partition coefficient (Wildman–Crippen LogP) is 3.01. The Morgan fingerprint density at radius 3 is 2.33 bits per heavy atom. The molecule has 0 atom stereocenters. The highest BCUT2D eigenvalue weighted by molar-refractivity contribution is 5.75. The second-order valence-electron chi connectivity index (χ2n) is 5.67. The molecule has 106 valence electrons. The lowest BCUT2D eigenvalue weighted by molar-refractivity contribution is -0.121. The van der Waals surface area contributed by atoms with E-state index in [9.17, 15) is 4.79 Å². The minimum Gasteiger partial charge on any atom is -0.393 e. The van der Waals surface area contributed by atoms with E-state index >= 15 is 0 Å². The van der Waals surface area contributed by atoms with Crippen LogP contribution in [-0.4, -0.2) is 23.7 Å². The fourth-order valence-corrected chi connectivity index (χ4v) is 2.46. The van der Waals surface area contributed by atoms with E-state index in [-0.39, 0.29) is 12.0 Å². The van der Waals surface area contributed by atoms with E-state index in [0.717, 1.165) is 25.8 Å². The molecule has 3 heteroatoms. The summed E-state index contributed by atoms with van der Waals surface area (Å²) < 4.78 is 0. The Bertz CT molecular complexity index is 225. The van der Waals surface area contributed by atoms with E-state index in [1.165, 1.54) is 38.5 Å². The van der Waals surface area contributed by atoms with Crippen molar-refractivity contribution in [3.63, 3.8) is 0 Å². The largest absolute Gasteiger partial charge is 0.393 e. The van der Waals surface area contributed by atoms with Gasteiger partial charge in [0.2, 0.25) is 5.91 Å². The van der Waals surface area contributed by atoms with Crippen LogP contribution in [0.15, 0.2) is 0 Å². The van der Waals surface area contributed by atoms with Gasteiger partial charge in [-0.3, -0.25) is 4.79 Å². The standard InChI is InChI=1S/C15H29NO2/c1-2-3-4-5-6-7-8-9-15(18)16-12-13-10-14(17)11-13/h13-14,17H,2-12H2,1H3,(H,16,18). The minimum absolute atomic E-state index is 0.116. The molecule has 0 aliphatic heterocycles. The van der Waals surface area contributed by atoms with Gasteiger partial charge in [-0.25, -0.2) is 0 Å². The van der Waals surface area contributed by atoms with Crippen LogP contribution in [0.2, 0.25) is 0 Å². The summed E-state index contributed by atoms with van der Waals surface area (Å²) in [6.45, 7) is 2.98. The molecule has 1 aliphatic rings. The molecule has 0 aromatic rings. The van der Waals surface area contributed by atoms with E-state index in [2.05, 4.69) is 12.2 Å². The molecular formula is C15H29NO2. The van der Waals surface area contributed by atoms with Crippen molar-refractivity contribution in [1.29, 1.82) is 0 Å². The Kier molecular flexibility index (Phi) is 8.06. The van der Waals surface area contributed by atoms with Gasteiger partial charge in [-0.1, -0.05) is 45.4 Å². The highest BCUT2D eigenvalue weighted by atomic mass is 16.3. The maximum atomic E-state index is 11.5. The first-order valence-electron chi connectivity index (χ1n) is 7.67. The van der Waals surface area contributed by atoms with Crippen molar-refractivity contribution in [3.05, 3.63) is 0 Å². The summed E-state index contributed by atoms with van der Waals surface area (Å²) in [5, 5.41) is 12.1. The Morgan fingerprint density at radius 1 is 1.11 bits per heavy atom. The summed E-state index contributed by atoms with van der Waals surface area (Å²) in [5.74, 6) is 0.697. The molecule has 0 unspecified atom stereocenters. The van der Waals surface area contributed by atoms with Crippen LogP contribution in [-0.2, 0) is 4.79 Å². The van der Waals surface area contributed by atoms with Gasteiger partial charge < -0.3 is 10.4 Å². The molecule has 0 aromatic heterocycles. The smallest absolute Gasteiger partial charge is 0.220 e. The molecule has 0 saturated heterocycles. The monoisotopic (exact) mass is 255 g/mol. The number of carbonyl (C=O) groups excluding carboxylic acids is 1. The molecule has 0 radical (unpaired) electrons. The van der Waals surface area contributed by atoms with Crippen LogP contribution < -0.4 is 5.32 Å². The maximum absolute atomic E-state index is 11.5. The third-order valence-corrected chi connectivity index (χ3v) is 3.81. The van der Waals surface area contributed by atoms with E-state index in [0.29, 0.717) is 12.3 Å². The summed E-state index contributed by atoms with van der Waals surface area (Å²) in [6, 6.07) is 0. The highest BCUT2D eigenvalue weighted by Gasteiger charge is 2.26. The first-order chi connectivity index (χ1) is 8.72. The molecule has 1 rings (SSSR count). The fraction of sp³-hybridized carbons (Fsp3) is 0.933. The van der Waals surface area contributed by atoms with Crippen molar-refractivity contribution in [2.24, 2.45) is 5.92 Å². The molecular weight excluding hydrogens is 226 g/mol. The number of aliphatic hydroxyl groups is 1. The predicted molar refractivity (Wildman–Crippen MR) is 74.4 cm³/mol. The third kappa shape index (κ3) is 7.00. The van der Waals surface area contributed by atoms with Crippen LogP contribution in [0.5, 0.6) is 0 Å². The SMILES string of the molecule is CCCCCCCCCC(=O)NCC1CC(O)C1. The summed E-state index contributed by atoms with van der Waals surface area (Å²) >= 11 is 0. The zero-order chi connectivity index (χ0) is 13.2. The molecule has 0 heterocycles. The van der Waals surface area contributed by atoms with E-state index in [4.69, 9.17) is 5.11 Å². The lowest BCUT2D eigenvalue weighted by Crippen LogP contribution is -2.38. The summed E-state index contributed by atoms with van der Waals surface area (Å²) in [5.41, 5.74) is 0. The topological polar surface area (TPSA) is 49.3 Å². The fourth-order valence-electron chi connectivity index (χ4n) is 2.46. The Balaban J connectivity index is 1.82. The molecule has 1 saturated carbocycles. The first kappa shape index (κ1) is 15.5. The zero-order valence-corrected chi connectivity index (χ0v) is 11.8. The van der Waals surface area contributed by atoms with Crippen molar-refractivity contribution in [3.8, 4) is 0 Å². The molecule has 18 heavy (non-hydrogen) atoms. The van der Waals surface area contributed by atoms with Gasteiger partial charge >= 0.3 is 0 Å². The molecule has 0 aromatic carbocycles. The van der Waals surface area contributed by atoms with Crippen LogP contribution >= 0.6 is 0 Å². The summed E-state index contributed by atoms with van der Waals surface area (Å²) in [6.07, 6.45) is 11.0. The van der Waals surface area contributed by atoms with Gasteiger partial charge in [-0.05, 0) is 25.2 Å².